The molecule has 0 fully saturated rings. The van der Waals surface area contributed by atoms with Crippen molar-refractivity contribution in [1.82, 2.24) is 10.3 Å². The largest absolute Gasteiger partial charge is 0.365 e. The lowest BCUT2D eigenvalue weighted by atomic mass is 9.90. The zero-order valence-corrected chi connectivity index (χ0v) is 14.4. The number of rotatable bonds is 4. The predicted molar refractivity (Wildman–Crippen MR) is 94.6 cm³/mol. The molecule has 0 saturated carbocycles. The van der Waals surface area contributed by atoms with Crippen LogP contribution in [0.5, 0.6) is 0 Å². The van der Waals surface area contributed by atoms with Gasteiger partial charge in [0.2, 0.25) is 0 Å². The molecule has 7 heteroatoms. The molecule has 1 atom stereocenters. The number of carbonyl (C=O) groups excluding carboxylic acids is 1. The Labute approximate surface area is 149 Å². The fourth-order valence-electron chi connectivity index (χ4n) is 3.03. The van der Waals surface area contributed by atoms with Gasteiger partial charge in [-0.2, -0.15) is 0 Å². The molecule has 3 rings (SSSR count). The van der Waals surface area contributed by atoms with Gasteiger partial charge in [0.05, 0.1) is 10.0 Å². The number of aromatic amines is 1. The van der Waals surface area contributed by atoms with Gasteiger partial charge in [-0.3, -0.25) is 9.59 Å². The van der Waals surface area contributed by atoms with E-state index in [1.165, 1.54) is 0 Å². The second-order valence-electron chi connectivity index (χ2n) is 5.88. The molecule has 1 heterocycles. The van der Waals surface area contributed by atoms with E-state index in [1.807, 2.05) is 12.1 Å². The number of H-pyrrole nitrogens is 1. The Balaban J connectivity index is 1.83. The molecule has 2 aromatic rings. The third-order valence-electron chi connectivity index (χ3n) is 4.25. The molecule has 0 aliphatic heterocycles. The molecule has 0 bridgehead atoms. The van der Waals surface area contributed by atoms with Crippen LogP contribution in [0.2, 0.25) is 10.0 Å². The summed E-state index contributed by atoms with van der Waals surface area (Å²) in [6, 6.07) is 7.15. The summed E-state index contributed by atoms with van der Waals surface area (Å²) < 4.78 is 0. The van der Waals surface area contributed by atoms with Gasteiger partial charge in [-0.1, -0.05) is 29.3 Å². The lowest BCUT2D eigenvalue weighted by molar-refractivity contribution is 0.0998. The number of aromatic nitrogens is 1. The Kier molecular flexibility index (Phi) is 4.94. The van der Waals surface area contributed by atoms with Crippen LogP contribution in [0.4, 0.5) is 0 Å². The van der Waals surface area contributed by atoms with E-state index < -0.39 is 11.5 Å². The maximum Gasteiger partial charge on any atom is 0.261 e. The number of halogens is 2. The standard InChI is InChI=1S/C17H17Cl2N3O2/c18-12-5-4-9(6-13(12)19)8-21-14-2-1-3-15-10(14)7-11(16(20)23)17(24)22-15/h4-7,14,21H,1-3,8H2,(H2,20,23)(H,22,24). The van der Waals surface area contributed by atoms with Crippen molar-refractivity contribution in [3.63, 3.8) is 0 Å². The minimum Gasteiger partial charge on any atom is -0.365 e. The molecule has 24 heavy (non-hydrogen) atoms. The first-order valence-electron chi connectivity index (χ1n) is 7.69. The summed E-state index contributed by atoms with van der Waals surface area (Å²) in [6.45, 7) is 0.603. The third-order valence-corrected chi connectivity index (χ3v) is 4.99. The minimum absolute atomic E-state index is 0.00279. The Morgan fingerprint density at radius 3 is 2.79 bits per heavy atom. The highest BCUT2D eigenvalue weighted by molar-refractivity contribution is 6.42. The number of hydrogen-bond acceptors (Lipinski definition) is 3. The van der Waals surface area contributed by atoms with E-state index in [0.717, 1.165) is 36.1 Å². The highest BCUT2D eigenvalue weighted by atomic mass is 35.5. The summed E-state index contributed by atoms with van der Waals surface area (Å²) in [5.41, 5.74) is 7.65. The monoisotopic (exact) mass is 365 g/mol. The first-order chi connectivity index (χ1) is 11.5. The lowest BCUT2D eigenvalue weighted by Gasteiger charge is -2.26. The van der Waals surface area contributed by atoms with Crippen LogP contribution in [0.15, 0.2) is 29.1 Å². The van der Waals surface area contributed by atoms with Crippen LogP contribution >= 0.6 is 23.2 Å². The number of aryl methyl sites for hydroxylation is 1. The van der Waals surface area contributed by atoms with Crippen molar-refractivity contribution in [2.24, 2.45) is 5.73 Å². The van der Waals surface area contributed by atoms with Crippen LogP contribution in [0.3, 0.4) is 0 Å². The first kappa shape index (κ1) is 17.0. The van der Waals surface area contributed by atoms with E-state index in [2.05, 4.69) is 10.3 Å². The highest BCUT2D eigenvalue weighted by Crippen LogP contribution is 2.29. The van der Waals surface area contributed by atoms with E-state index in [0.29, 0.717) is 16.6 Å². The molecule has 1 amide bonds. The van der Waals surface area contributed by atoms with Gasteiger partial charge >= 0.3 is 0 Å². The average molecular weight is 366 g/mol. The second kappa shape index (κ2) is 6.97. The maximum absolute atomic E-state index is 11.9. The number of nitrogens with two attached hydrogens (primary N) is 1. The van der Waals surface area contributed by atoms with Crippen molar-refractivity contribution in [1.29, 1.82) is 0 Å². The van der Waals surface area contributed by atoms with Crippen molar-refractivity contribution in [3.05, 3.63) is 67.0 Å². The van der Waals surface area contributed by atoms with E-state index in [9.17, 15) is 9.59 Å². The molecule has 1 aromatic heterocycles. The van der Waals surface area contributed by atoms with E-state index in [-0.39, 0.29) is 11.6 Å². The molecule has 1 aliphatic carbocycles. The Morgan fingerprint density at radius 1 is 1.29 bits per heavy atom. The van der Waals surface area contributed by atoms with E-state index >= 15 is 0 Å². The van der Waals surface area contributed by atoms with Gasteiger partial charge in [-0.05, 0) is 48.6 Å². The topological polar surface area (TPSA) is 88.0 Å². The van der Waals surface area contributed by atoms with Gasteiger partial charge in [0.15, 0.2) is 0 Å². The normalized spacial score (nSPS) is 16.7. The van der Waals surface area contributed by atoms with Gasteiger partial charge < -0.3 is 16.0 Å². The molecule has 0 spiro atoms. The van der Waals surface area contributed by atoms with Crippen molar-refractivity contribution < 1.29 is 4.79 Å². The highest BCUT2D eigenvalue weighted by Gasteiger charge is 2.23. The number of carbonyl (C=O) groups is 1. The summed E-state index contributed by atoms with van der Waals surface area (Å²) in [4.78, 5) is 26.1. The fourth-order valence-corrected chi connectivity index (χ4v) is 3.35. The molecule has 126 valence electrons. The zero-order chi connectivity index (χ0) is 17.3. The molecule has 5 nitrogen and oxygen atoms in total. The van der Waals surface area contributed by atoms with Crippen LogP contribution in [0.1, 0.15) is 46.1 Å². The quantitative estimate of drug-likeness (QED) is 0.777. The number of amides is 1. The average Bonchev–Trinajstić information content (AvgIpc) is 2.55. The molecule has 1 unspecified atom stereocenters. The summed E-state index contributed by atoms with van der Waals surface area (Å²) in [5.74, 6) is -0.715. The minimum atomic E-state index is -0.715. The molecular formula is C17H17Cl2N3O2. The van der Waals surface area contributed by atoms with Crippen LogP contribution in [-0.4, -0.2) is 10.9 Å². The summed E-state index contributed by atoms with van der Waals surface area (Å²) in [7, 11) is 0. The third kappa shape index (κ3) is 3.48. The molecule has 0 radical (unpaired) electrons. The summed E-state index contributed by atoms with van der Waals surface area (Å²) >= 11 is 12.0. The number of fused-ring (bicyclic) bond motifs is 1. The second-order valence-corrected chi connectivity index (χ2v) is 6.70. The van der Waals surface area contributed by atoms with E-state index in [1.54, 1.807) is 12.1 Å². The Morgan fingerprint density at radius 2 is 2.08 bits per heavy atom. The smallest absolute Gasteiger partial charge is 0.261 e. The van der Waals surface area contributed by atoms with Crippen LogP contribution in [-0.2, 0) is 13.0 Å². The SMILES string of the molecule is NC(=O)c1cc2c([nH]c1=O)CCCC2NCc1ccc(Cl)c(Cl)c1. The van der Waals surface area contributed by atoms with Crippen LogP contribution < -0.4 is 16.6 Å². The number of hydrogen-bond donors (Lipinski definition) is 3. The van der Waals surface area contributed by atoms with Crippen LogP contribution in [0.25, 0.3) is 0 Å². The lowest BCUT2D eigenvalue weighted by Crippen LogP contribution is -2.31. The summed E-state index contributed by atoms with van der Waals surface area (Å²) in [5, 5.41) is 4.49. The zero-order valence-electron chi connectivity index (χ0n) is 12.9. The number of pyridine rings is 1. The molecule has 1 aliphatic rings. The van der Waals surface area contributed by atoms with Gasteiger partial charge in [-0.15, -0.1) is 0 Å². The fraction of sp³-hybridized carbons (Fsp3) is 0.294. The number of nitrogens with one attached hydrogen (secondary N) is 2. The van der Waals surface area contributed by atoms with Gasteiger partial charge in [0, 0.05) is 18.3 Å². The predicted octanol–water partition coefficient (Wildman–Crippen LogP) is 2.95. The van der Waals surface area contributed by atoms with Crippen LogP contribution in [0, 0.1) is 0 Å². The van der Waals surface area contributed by atoms with Crippen molar-refractivity contribution >= 4 is 29.1 Å². The summed E-state index contributed by atoms with van der Waals surface area (Å²) in [6.07, 6.45) is 2.66. The van der Waals surface area contributed by atoms with E-state index in [4.69, 9.17) is 28.9 Å². The number of benzene rings is 1. The van der Waals surface area contributed by atoms with Gasteiger partial charge in [0.1, 0.15) is 5.56 Å². The van der Waals surface area contributed by atoms with Crippen molar-refractivity contribution in [3.8, 4) is 0 Å². The molecule has 1 aromatic carbocycles. The Bertz CT molecular complexity index is 848. The molecule has 4 N–H and O–H groups in total. The first-order valence-corrected chi connectivity index (χ1v) is 8.44. The molecule has 0 saturated heterocycles. The van der Waals surface area contributed by atoms with Gasteiger partial charge in [-0.25, -0.2) is 0 Å². The molecular weight excluding hydrogens is 349 g/mol. The van der Waals surface area contributed by atoms with Gasteiger partial charge in [0.25, 0.3) is 11.5 Å². The van der Waals surface area contributed by atoms with Crippen molar-refractivity contribution in [2.75, 3.05) is 0 Å². The maximum atomic E-state index is 11.9. The Hall–Kier alpha value is -1.82. The number of primary amides is 1. The van der Waals surface area contributed by atoms with Crippen molar-refractivity contribution in [2.45, 2.75) is 31.8 Å².